The second-order valence-electron chi connectivity index (χ2n) is 7.75. The first-order chi connectivity index (χ1) is 14.5. The average molecular weight is 443 g/mol. The molecule has 30 heavy (non-hydrogen) atoms. The van der Waals surface area contributed by atoms with Crippen molar-refractivity contribution < 1.29 is 9.59 Å². The number of Topliss-reactive ketones (excluding diaryl/α,β-unsaturated/α-hetero) is 1. The first-order valence-electron chi connectivity index (χ1n) is 10.4. The number of unbranched alkanes of at least 4 members (excludes halogenated alkanes) is 1. The van der Waals surface area contributed by atoms with E-state index in [0.717, 1.165) is 42.8 Å². The van der Waals surface area contributed by atoms with Gasteiger partial charge in [-0.2, -0.15) is 0 Å². The van der Waals surface area contributed by atoms with Crippen LogP contribution < -0.4 is 10.2 Å². The smallest absolute Gasteiger partial charge is 0.227 e. The number of amides is 1. The number of halogens is 2. The summed E-state index contributed by atoms with van der Waals surface area (Å²) in [6.45, 7) is 2.06. The maximum absolute atomic E-state index is 13.5. The number of benzene rings is 2. The summed E-state index contributed by atoms with van der Waals surface area (Å²) < 4.78 is 0. The molecule has 2 aliphatic rings. The second kappa shape index (κ2) is 8.83. The first kappa shape index (κ1) is 21.0. The molecule has 4 rings (SSSR count). The van der Waals surface area contributed by atoms with Gasteiger partial charge in [0.25, 0.3) is 0 Å². The molecule has 0 saturated carbocycles. The number of ketones is 1. The summed E-state index contributed by atoms with van der Waals surface area (Å²) in [4.78, 5) is 28.4. The predicted molar refractivity (Wildman–Crippen MR) is 122 cm³/mol. The normalized spacial score (nSPS) is 18.4. The Morgan fingerprint density at radius 2 is 1.97 bits per heavy atom. The number of anilines is 2. The standard InChI is InChI=1S/C24H24Cl2N2O2/c1-2-3-11-22(30)28-20-9-5-4-7-18(20)27-19-8-6-10-21(29)23(19)24(28)16-13-12-15(25)14-17(16)26/h4-5,7,9,12-14,24,27H,2-3,6,8,10-11H2,1H3/t24-/m0/s1. The molecule has 0 radical (unpaired) electrons. The van der Waals surface area contributed by atoms with Gasteiger partial charge in [0.1, 0.15) is 0 Å². The fraction of sp³-hybridized carbons (Fsp3) is 0.333. The zero-order chi connectivity index (χ0) is 21.3. The van der Waals surface area contributed by atoms with Gasteiger partial charge in [0, 0.05) is 34.2 Å². The fourth-order valence-electron chi connectivity index (χ4n) is 4.28. The van der Waals surface area contributed by atoms with Crippen LogP contribution in [0.4, 0.5) is 11.4 Å². The monoisotopic (exact) mass is 442 g/mol. The lowest BCUT2D eigenvalue weighted by molar-refractivity contribution is -0.119. The average Bonchev–Trinajstić information content (AvgIpc) is 2.87. The summed E-state index contributed by atoms with van der Waals surface area (Å²) in [6, 6.07) is 12.4. The van der Waals surface area contributed by atoms with E-state index in [4.69, 9.17) is 23.2 Å². The Kier molecular flexibility index (Phi) is 6.16. The molecule has 1 atom stereocenters. The van der Waals surface area contributed by atoms with Crippen molar-refractivity contribution in [3.05, 3.63) is 69.3 Å². The van der Waals surface area contributed by atoms with Crippen LogP contribution in [-0.2, 0) is 9.59 Å². The molecule has 1 N–H and O–H groups in total. The summed E-state index contributed by atoms with van der Waals surface area (Å²) in [6.07, 6.45) is 4.12. The summed E-state index contributed by atoms with van der Waals surface area (Å²) in [7, 11) is 0. The number of hydrogen-bond acceptors (Lipinski definition) is 3. The third-order valence-electron chi connectivity index (χ3n) is 5.71. The van der Waals surface area contributed by atoms with Crippen molar-refractivity contribution >= 4 is 46.3 Å². The Hall–Kier alpha value is -2.30. The number of fused-ring (bicyclic) bond motifs is 1. The minimum atomic E-state index is -0.585. The van der Waals surface area contributed by atoms with Gasteiger partial charge < -0.3 is 5.32 Å². The molecule has 2 aromatic carbocycles. The molecule has 1 aliphatic heterocycles. The summed E-state index contributed by atoms with van der Waals surface area (Å²) >= 11 is 12.8. The van der Waals surface area contributed by atoms with Gasteiger partial charge in [-0.25, -0.2) is 0 Å². The molecule has 1 aliphatic carbocycles. The van der Waals surface area contributed by atoms with Crippen molar-refractivity contribution in [2.75, 3.05) is 10.2 Å². The summed E-state index contributed by atoms with van der Waals surface area (Å²) in [5, 5.41) is 4.43. The third kappa shape index (κ3) is 3.86. The van der Waals surface area contributed by atoms with Crippen LogP contribution in [0.15, 0.2) is 53.7 Å². The van der Waals surface area contributed by atoms with Crippen molar-refractivity contribution in [1.29, 1.82) is 0 Å². The Balaban J connectivity index is 1.97. The van der Waals surface area contributed by atoms with Crippen molar-refractivity contribution in [1.82, 2.24) is 0 Å². The summed E-state index contributed by atoms with van der Waals surface area (Å²) in [5.41, 5.74) is 3.81. The molecule has 6 heteroatoms. The minimum Gasteiger partial charge on any atom is -0.357 e. The molecule has 0 fully saturated rings. The minimum absolute atomic E-state index is 0.0192. The number of rotatable bonds is 4. The fourth-order valence-corrected chi connectivity index (χ4v) is 4.79. The van der Waals surface area contributed by atoms with Crippen molar-refractivity contribution in [3.8, 4) is 0 Å². The molecular formula is C24H24Cl2N2O2. The number of nitrogens with zero attached hydrogens (tertiary/aromatic N) is 1. The Labute approximate surface area is 186 Å². The van der Waals surface area contributed by atoms with Crippen LogP contribution in [0, 0.1) is 0 Å². The van der Waals surface area contributed by atoms with Gasteiger partial charge in [-0.05, 0) is 49.1 Å². The van der Waals surface area contributed by atoms with Crippen LogP contribution >= 0.6 is 23.2 Å². The van der Waals surface area contributed by atoms with E-state index in [2.05, 4.69) is 12.2 Å². The highest BCUT2D eigenvalue weighted by molar-refractivity contribution is 6.35. The predicted octanol–water partition coefficient (Wildman–Crippen LogP) is 6.69. The van der Waals surface area contributed by atoms with E-state index in [1.54, 1.807) is 17.0 Å². The molecule has 4 nitrogen and oxygen atoms in total. The lowest BCUT2D eigenvalue weighted by Gasteiger charge is -2.34. The van der Waals surface area contributed by atoms with E-state index >= 15 is 0 Å². The van der Waals surface area contributed by atoms with Gasteiger partial charge >= 0.3 is 0 Å². The molecule has 0 bridgehead atoms. The third-order valence-corrected chi connectivity index (χ3v) is 6.27. The number of para-hydroxylation sites is 2. The highest BCUT2D eigenvalue weighted by Crippen LogP contribution is 2.46. The molecule has 0 spiro atoms. The molecule has 1 amide bonds. The largest absolute Gasteiger partial charge is 0.357 e. The number of allylic oxidation sites excluding steroid dienone is 1. The van der Waals surface area contributed by atoms with Crippen molar-refractivity contribution in [2.24, 2.45) is 0 Å². The van der Waals surface area contributed by atoms with Gasteiger partial charge in [0.15, 0.2) is 5.78 Å². The van der Waals surface area contributed by atoms with Crippen LogP contribution in [0.5, 0.6) is 0 Å². The molecule has 1 heterocycles. The quantitative estimate of drug-likeness (QED) is 0.573. The van der Waals surface area contributed by atoms with Crippen molar-refractivity contribution in [2.45, 2.75) is 51.5 Å². The lowest BCUT2D eigenvalue weighted by atomic mass is 9.85. The topological polar surface area (TPSA) is 49.4 Å². The van der Waals surface area contributed by atoms with E-state index in [-0.39, 0.29) is 11.7 Å². The number of carbonyl (C=O) groups excluding carboxylic acids is 2. The molecule has 156 valence electrons. The summed E-state index contributed by atoms with van der Waals surface area (Å²) in [5.74, 6) is 0.0371. The maximum Gasteiger partial charge on any atom is 0.227 e. The highest BCUT2D eigenvalue weighted by Gasteiger charge is 2.39. The Morgan fingerprint density at radius 3 is 2.73 bits per heavy atom. The van der Waals surface area contributed by atoms with E-state index in [1.165, 1.54) is 0 Å². The van der Waals surface area contributed by atoms with Crippen LogP contribution in [-0.4, -0.2) is 11.7 Å². The maximum atomic E-state index is 13.5. The first-order valence-corrected chi connectivity index (χ1v) is 11.2. The molecule has 0 saturated heterocycles. The van der Waals surface area contributed by atoms with Crippen LogP contribution in [0.3, 0.4) is 0 Å². The van der Waals surface area contributed by atoms with E-state index in [9.17, 15) is 9.59 Å². The van der Waals surface area contributed by atoms with E-state index < -0.39 is 6.04 Å². The highest BCUT2D eigenvalue weighted by atomic mass is 35.5. The zero-order valence-corrected chi connectivity index (χ0v) is 18.4. The van der Waals surface area contributed by atoms with Gasteiger partial charge in [-0.1, -0.05) is 54.7 Å². The van der Waals surface area contributed by atoms with Gasteiger partial charge in [-0.15, -0.1) is 0 Å². The lowest BCUT2D eigenvalue weighted by Crippen LogP contribution is -2.38. The molecule has 2 aromatic rings. The number of nitrogens with one attached hydrogen (secondary N) is 1. The Morgan fingerprint density at radius 1 is 1.17 bits per heavy atom. The van der Waals surface area contributed by atoms with Crippen LogP contribution in [0.1, 0.15) is 57.1 Å². The second-order valence-corrected chi connectivity index (χ2v) is 8.59. The molecular weight excluding hydrogens is 419 g/mol. The molecule has 0 aromatic heterocycles. The van der Waals surface area contributed by atoms with E-state index in [0.29, 0.717) is 34.0 Å². The molecule has 0 unspecified atom stereocenters. The van der Waals surface area contributed by atoms with Crippen LogP contribution in [0.2, 0.25) is 10.0 Å². The number of hydrogen-bond donors (Lipinski definition) is 1. The van der Waals surface area contributed by atoms with Gasteiger partial charge in [-0.3, -0.25) is 14.5 Å². The SMILES string of the molecule is CCCCC(=O)N1c2ccccc2NC2=C(C(=O)CCC2)[C@@H]1c1ccc(Cl)cc1Cl. The van der Waals surface area contributed by atoms with Crippen LogP contribution in [0.25, 0.3) is 0 Å². The Bertz CT molecular complexity index is 1030. The van der Waals surface area contributed by atoms with E-state index in [1.807, 2.05) is 30.3 Å². The van der Waals surface area contributed by atoms with Gasteiger partial charge in [0.05, 0.1) is 17.4 Å². The number of carbonyl (C=O) groups is 2. The van der Waals surface area contributed by atoms with Gasteiger partial charge in [0.2, 0.25) is 5.91 Å². The van der Waals surface area contributed by atoms with Crippen molar-refractivity contribution in [3.63, 3.8) is 0 Å². The zero-order valence-electron chi connectivity index (χ0n) is 16.9.